The first-order chi connectivity index (χ1) is 19.1. The number of anilines is 1. The van der Waals surface area contributed by atoms with Crippen molar-refractivity contribution >= 4 is 39.9 Å². The summed E-state index contributed by atoms with van der Waals surface area (Å²) in [5.74, 6) is -1.67. The summed E-state index contributed by atoms with van der Waals surface area (Å²) in [7, 11) is 2.56. The maximum Gasteiger partial charge on any atom is 0.434 e. The number of fused-ring (bicyclic) bond motifs is 1. The highest BCUT2D eigenvalue weighted by atomic mass is 35.5. The fourth-order valence-electron chi connectivity index (χ4n) is 3.97. The molecule has 5 aromatic rings. The molecule has 0 radical (unpaired) electrons. The summed E-state index contributed by atoms with van der Waals surface area (Å²) in [6, 6.07) is 7.35. The van der Waals surface area contributed by atoms with Gasteiger partial charge < -0.3 is 14.8 Å². The monoisotopic (exact) mass is 572 g/mol. The number of ether oxygens (including phenoxy) is 2. The molecule has 1 N–H and O–H groups in total. The molecule has 0 aliphatic rings. The minimum absolute atomic E-state index is 0.0257. The molecule has 0 aliphatic heterocycles. The minimum atomic E-state index is -4.96. The van der Waals surface area contributed by atoms with Crippen LogP contribution in [0.4, 0.5) is 18.9 Å². The zero-order chi connectivity index (χ0) is 28.6. The summed E-state index contributed by atoms with van der Waals surface area (Å²) >= 11 is 6.27. The van der Waals surface area contributed by atoms with E-state index >= 15 is 0 Å². The van der Waals surface area contributed by atoms with E-state index in [1.807, 2.05) is 0 Å². The Kier molecular flexibility index (Phi) is 6.81. The van der Waals surface area contributed by atoms with Crippen molar-refractivity contribution in [1.82, 2.24) is 34.7 Å². The van der Waals surface area contributed by atoms with Crippen LogP contribution in [-0.4, -0.2) is 60.8 Å². The molecule has 16 heteroatoms. The van der Waals surface area contributed by atoms with Crippen LogP contribution in [0.2, 0.25) is 5.02 Å². The van der Waals surface area contributed by atoms with Crippen LogP contribution < -0.4 is 10.1 Å². The quantitative estimate of drug-likeness (QED) is 0.298. The Labute approximate surface area is 227 Å². The Hall–Kier alpha value is -5.05. The summed E-state index contributed by atoms with van der Waals surface area (Å²) in [4.78, 5) is 33.1. The average Bonchev–Trinajstić information content (AvgIpc) is 3.60. The van der Waals surface area contributed by atoms with E-state index < -0.39 is 29.3 Å². The first-order valence-electron chi connectivity index (χ1n) is 11.2. The molecule has 5 rings (SSSR count). The van der Waals surface area contributed by atoms with Crippen molar-refractivity contribution in [3.8, 4) is 17.4 Å². The number of methoxy groups -OCH3 is 2. The van der Waals surface area contributed by atoms with Crippen LogP contribution in [-0.2, 0) is 10.9 Å². The van der Waals surface area contributed by atoms with Crippen LogP contribution in [0.3, 0.4) is 0 Å². The fourth-order valence-corrected chi connectivity index (χ4v) is 4.22. The molecule has 0 aliphatic carbocycles. The molecular formula is C24H16ClF3N8O4. The number of esters is 1. The molecule has 1 aromatic carbocycles. The molecule has 1 amide bonds. The average molecular weight is 573 g/mol. The van der Waals surface area contributed by atoms with Gasteiger partial charge in [0, 0.05) is 17.0 Å². The van der Waals surface area contributed by atoms with Gasteiger partial charge in [0.25, 0.3) is 5.91 Å². The largest absolute Gasteiger partial charge is 0.481 e. The maximum absolute atomic E-state index is 14.3. The Bertz CT molecular complexity index is 1770. The fraction of sp³-hybridized carbons (Fsp3) is 0.125. The van der Waals surface area contributed by atoms with Crippen molar-refractivity contribution in [2.45, 2.75) is 6.18 Å². The number of aromatic nitrogens is 7. The zero-order valence-corrected chi connectivity index (χ0v) is 21.2. The highest BCUT2D eigenvalue weighted by molar-refractivity contribution is 6.32. The van der Waals surface area contributed by atoms with Gasteiger partial charge in [-0.3, -0.25) is 4.79 Å². The molecule has 40 heavy (non-hydrogen) atoms. The number of pyridine rings is 2. The number of nitrogens with zero attached hydrogens (tertiary/aromatic N) is 7. The van der Waals surface area contributed by atoms with Gasteiger partial charge in [-0.1, -0.05) is 22.9 Å². The number of hydrogen-bond donors (Lipinski definition) is 1. The van der Waals surface area contributed by atoms with Crippen LogP contribution in [0, 0.1) is 0 Å². The zero-order valence-electron chi connectivity index (χ0n) is 20.5. The molecule has 4 heterocycles. The molecule has 0 atom stereocenters. The number of nitrogens with one attached hydrogen (secondary N) is 1. The number of carbonyl (C=O) groups is 2. The van der Waals surface area contributed by atoms with Crippen molar-refractivity contribution < 1.29 is 32.2 Å². The number of hydrogen-bond acceptors (Lipinski definition) is 9. The van der Waals surface area contributed by atoms with E-state index in [1.165, 1.54) is 44.7 Å². The summed E-state index contributed by atoms with van der Waals surface area (Å²) in [6.45, 7) is 0. The van der Waals surface area contributed by atoms with Crippen LogP contribution >= 0.6 is 11.6 Å². The first-order valence-corrected chi connectivity index (χ1v) is 11.6. The van der Waals surface area contributed by atoms with Gasteiger partial charge in [0.15, 0.2) is 17.2 Å². The molecule has 0 bridgehead atoms. The van der Waals surface area contributed by atoms with E-state index in [4.69, 9.17) is 16.3 Å². The van der Waals surface area contributed by atoms with Crippen LogP contribution in [0.1, 0.15) is 26.5 Å². The summed E-state index contributed by atoms with van der Waals surface area (Å²) in [5.41, 5.74) is -2.07. The minimum Gasteiger partial charge on any atom is -0.481 e. The lowest BCUT2D eigenvalue weighted by Gasteiger charge is -2.15. The Morgan fingerprint density at radius 2 is 1.82 bits per heavy atom. The number of carbonyl (C=O) groups excluding carboxylic acids is 2. The van der Waals surface area contributed by atoms with E-state index in [2.05, 4.69) is 35.4 Å². The molecule has 12 nitrogen and oxygen atoms in total. The first kappa shape index (κ1) is 26.6. The molecular weight excluding hydrogens is 557 g/mol. The van der Waals surface area contributed by atoms with Gasteiger partial charge in [-0.25, -0.2) is 19.4 Å². The molecule has 4 aromatic heterocycles. The normalized spacial score (nSPS) is 11.4. The Morgan fingerprint density at radius 1 is 1.02 bits per heavy atom. The van der Waals surface area contributed by atoms with Gasteiger partial charge in [0.1, 0.15) is 0 Å². The van der Waals surface area contributed by atoms with Crippen LogP contribution in [0.15, 0.2) is 55.1 Å². The lowest BCUT2D eigenvalue weighted by atomic mass is 10.1. The topological polar surface area (TPSA) is 139 Å². The van der Waals surface area contributed by atoms with Gasteiger partial charge in [0.05, 0.1) is 54.8 Å². The maximum atomic E-state index is 14.3. The number of alkyl halides is 3. The SMILES string of the molecule is COC(=O)c1cnnn1-c1ncc(NC(=O)c2cnn(-c3cccc4c(OC)nccc34)c2C(F)(F)F)cc1Cl. The van der Waals surface area contributed by atoms with Crippen molar-refractivity contribution in [2.24, 2.45) is 0 Å². The molecule has 0 spiro atoms. The Balaban J connectivity index is 1.51. The van der Waals surface area contributed by atoms with Crippen molar-refractivity contribution in [2.75, 3.05) is 19.5 Å². The van der Waals surface area contributed by atoms with Crippen molar-refractivity contribution in [3.05, 3.63) is 77.1 Å². The molecule has 204 valence electrons. The summed E-state index contributed by atoms with van der Waals surface area (Å²) in [6.07, 6.45) is -0.485. The van der Waals surface area contributed by atoms with Crippen molar-refractivity contribution in [3.63, 3.8) is 0 Å². The van der Waals surface area contributed by atoms with E-state index in [0.717, 1.165) is 23.3 Å². The number of halogens is 4. The highest BCUT2D eigenvalue weighted by Gasteiger charge is 2.41. The lowest BCUT2D eigenvalue weighted by molar-refractivity contribution is -0.143. The second-order valence-corrected chi connectivity index (χ2v) is 8.42. The standard InChI is InChI=1S/C24H16ClF3N8O4/c1-39-22-14-4-3-5-17(13(14)6-7-29-22)35-19(24(26,27)28)15(10-32-35)21(37)33-12-8-16(25)20(30-9-12)36-18(11-31-34-36)23(38)40-2/h3-11H,1-2H3,(H,33,37). The summed E-state index contributed by atoms with van der Waals surface area (Å²) in [5, 5.41) is 14.4. The van der Waals surface area contributed by atoms with E-state index in [0.29, 0.717) is 15.5 Å². The second-order valence-electron chi connectivity index (χ2n) is 8.02. The molecule has 0 saturated carbocycles. The van der Waals surface area contributed by atoms with Gasteiger partial charge in [-0.05, 0) is 24.3 Å². The van der Waals surface area contributed by atoms with Crippen LogP contribution in [0.25, 0.3) is 22.3 Å². The van der Waals surface area contributed by atoms with E-state index in [9.17, 15) is 22.8 Å². The predicted molar refractivity (Wildman–Crippen MR) is 134 cm³/mol. The van der Waals surface area contributed by atoms with Crippen LogP contribution in [0.5, 0.6) is 5.88 Å². The van der Waals surface area contributed by atoms with E-state index in [1.54, 1.807) is 6.07 Å². The molecule has 0 unspecified atom stereocenters. The van der Waals surface area contributed by atoms with Gasteiger partial charge in [0.2, 0.25) is 5.88 Å². The van der Waals surface area contributed by atoms with Gasteiger partial charge in [-0.15, -0.1) is 5.10 Å². The number of amides is 1. The Morgan fingerprint density at radius 3 is 2.52 bits per heavy atom. The third-order valence-corrected chi connectivity index (χ3v) is 5.95. The van der Waals surface area contributed by atoms with Gasteiger partial charge in [-0.2, -0.15) is 23.0 Å². The van der Waals surface area contributed by atoms with E-state index in [-0.39, 0.29) is 33.8 Å². The number of rotatable bonds is 6. The molecule has 0 saturated heterocycles. The smallest absolute Gasteiger partial charge is 0.434 e. The third-order valence-electron chi connectivity index (χ3n) is 5.67. The van der Waals surface area contributed by atoms with Gasteiger partial charge >= 0.3 is 12.1 Å². The summed E-state index contributed by atoms with van der Waals surface area (Å²) < 4.78 is 54.5. The van der Waals surface area contributed by atoms with Crippen molar-refractivity contribution in [1.29, 1.82) is 0 Å². The predicted octanol–water partition coefficient (Wildman–Crippen LogP) is 4.12. The third kappa shape index (κ3) is 4.66. The highest BCUT2D eigenvalue weighted by Crippen LogP contribution is 2.36. The lowest BCUT2D eigenvalue weighted by Crippen LogP contribution is -2.21. The molecule has 0 fully saturated rings. The second kappa shape index (κ2) is 10.3. The number of benzene rings is 1.